The summed E-state index contributed by atoms with van der Waals surface area (Å²) in [4.78, 5) is 26.2. The number of carbonyl (C=O) groups excluding carboxylic acids is 2. The van der Waals surface area contributed by atoms with Crippen molar-refractivity contribution in [3.63, 3.8) is 0 Å². The third-order valence-corrected chi connectivity index (χ3v) is 6.87. The van der Waals surface area contributed by atoms with Crippen LogP contribution in [0.4, 0.5) is 0 Å². The molecule has 0 bridgehead atoms. The second kappa shape index (κ2) is 8.94. The summed E-state index contributed by atoms with van der Waals surface area (Å²) in [6.45, 7) is 2.70. The van der Waals surface area contributed by atoms with Gasteiger partial charge in [-0.25, -0.2) is 8.42 Å². The molecule has 2 aromatic rings. The summed E-state index contributed by atoms with van der Waals surface area (Å²) in [7, 11) is -3.66. The van der Waals surface area contributed by atoms with E-state index in [0.29, 0.717) is 10.6 Å². The Morgan fingerprint density at radius 3 is 2.31 bits per heavy atom. The van der Waals surface area contributed by atoms with E-state index >= 15 is 0 Å². The summed E-state index contributed by atoms with van der Waals surface area (Å²) in [6, 6.07) is 13.2. The van der Waals surface area contributed by atoms with Gasteiger partial charge in [-0.1, -0.05) is 35.4 Å². The average Bonchev–Trinajstić information content (AvgIpc) is 2.72. The molecule has 2 amide bonds. The lowest BCUT2D eigenvalue weighted by molar-refractivity contribution is -0.131. The number of aryl methyl sites for hydroxylation is 1. The van der Waals surface area contributed by atoms with Gasteiger partial charge in [-0.2, -0.15) is 4.31 Å². The van der Waals surface area contributed by atoms with Crippen molar-refractivity contribution in [2.45, 2.75) is 11.8 Å². The molecule has 1 saturated heterocycles. The molecule has 1 aliphatic heterocycles. The molecule has 1 fully saturated rings. The normalized spacial score (nSPS) is 15.2. The van der Waals surface area contributed by atoms with Crippen molar-refractivity contribution in [2.75, 3.05) is 32.7 Å². The zero-order valence-corrected chi connectivity index (χ0v) is 17.5. The average molecular weight is 436 g/mol. The lowest BCUT2D eigenvalue weighted by atomic mass is 10.1. The molecule has 154 valence electrons. The molecular weight excluding hydrogens is 414 g/mol. The Hall–Kier alpha value is -2.42. The minimum Gasteiger partial charge on any atom is -0.343 e. The first kappa shape index (κ1) is 21.3. The van der Waals surface area contributed by atoms with E-state index in [1.807, 2.05) is 19.1 Å². The maximum Gasteiger partial charge on any atom is 0.251 e. The van der Waals surface area contributed by atoms with E-state index in [2.05, 4.69) is 5.32 Å². The Balaban J connectivity index is 1.53. The summed E-state index contributed by atoms with van der Waals surface area (Å²) in [5.74, 6) is -0.564. The molecule has 1 aliphatic rings. The predicted molar refractivity (Wildman–Crippen MR) is 110 cm³/mol. The van der Waals surface area contributed by atoms with Gasteiger partial charge in [0.2, 0.25) is 15.9 Å². The second-order valence-electron chi connectivity index (χ2n) is 6.79. The summed E-state index contributed by atoms with van der Waals surface area (Å²) in [6.07, 6.45) is 0. The Morgan fingerprint density at radius 2 is 1.69 bits per heavy atom. The van der Waals surface area contributed by atoms with E-state index in [1.54, 1.807) is 29.2 Å². The van der Waals surface area contributed by atoms with Crippen molar-refractivity contribution in [2.24, 2.45) is 0 Å². The van der Waals surface area contributed by atoms with Crippen molar-refractivity contribution in [3.8, 4) is 0 Å². The lowest BCUT2D eigenvalue weighted by Gasteiger charge is -2.34. The number of rotatable bonds is 5. The Bertz CT molecular complexity index is 1000. The standard InChI is InChI=1S/C20H22ClN3O4S/c1-15-5-7-16(8-6-15)20(26)22-14-19(25)23-9-11-24(12-10-23)29(27,28)18-4-2-3-17(21)13-18/h2-8,13H,9-12,14H2,1H3,(H,22,26). The highest BCUT2D eigenvalue weighted by Crippen LogP contribution is 2.20. The number of nitrogens with zero attached hydrogens (tertiary/aromatic N) is 2. The maximum absolute atomic E-state index is 12.7. The van der Waals surface area contributed by atoms with Gasteiger partial charge in [-0.3, -0.25) is 9.59 Å². The summed E-state index contributed by atoms with van der Waals surface area (Å²) < 4.78 is 26.8. The van der Waals surface area contributed by atoms with Crippen LogP contribution in [0.3, 0.4) is 0 Å². The molecule has 0 aliphatic carbocycles. The van der Waals surface area contributed by atoms with Crippen LogP contribution in [0.1, 0.15) is 15.9 Å². The number of sulfonamides is 1. The monoisotopic (exact) mass is 435 g/mol. The van der Waals surface area contributed by atoms with Crippen LogP contribution in [0, 0.1) is 6.92 Å². The number of nitrogens with one attached hydrogen (secondary N) is 1. The van der Waals surface area contributed by atoms with Gasteiger partial charge >= 0.3 is 0 Å². The number of piperazine rings is 1. The van der Waals surface area contributed by atoms with E-state index in [1.165, 1.54) is 16.4 Å². The highest BCUT2D eigenvalue weighted by atomic mass is 35.5. The zero-order valence-electron chi connectivity index (χ0n) is 16.0. The number of halogens is 1. The fourth-order valence-electron chi connectivity index (χ4n) is 3.03. The fraction of sp³-hybridized carbons (Fsp3) is 0.300. The van der Waals surface area contributed by atoms with Gasteiger partial charge in [-0.05, 0) is 37.3 Å². The molecule has 0 aromatic heterocycles. The van der Waals surface area contributed by atoms with Gasteiger partial charge in [0.1, 0.15) is 0 Å². The van der Waals surface area contributed by atoms with Crippen molar-refractivity contribution in [3.05, 3.63) is 64.7 Å². The molecule has 2 aromatic carbocycles. The van der Waals surface area contributed by atoms with Crippen molar-refractivity contribution in [1.82, 2.24) is 14.5 Å². The third-order valence-electron chi connectivity index (χ3n) is 4.74. The molecule has 0 spiro atoms. The third kappa shape index (κ3) is 5.14. The van der Waals surface area contributed by atoms with Gasteiger partial charge in [0, 0.05) is 36.8 Å². The minimum absolute atomic E-state index is 0.131. The molecule has 3 rings (SSSR count). The van der Waals surface area contributed by atoms with E-state index < -0.39 is 10.0 Å². The van der Waals surface area contributed by atoms with Gasteiger partial charge in [0.25, 0.3) is 5.91 Å². The summed E-state index contributed by atoms with van der Waals surface area (Å²) in [5, 5.41) is 2.96. The number of hydrogen-bond acceptors (Lipinski definition) is 4. The summed E-state index contributed by atoms with van der Waals surface area (Å²) in [5.41, 5.74) is 1.53. The molecular formula is C20H22ClN3O4S. The van der Waals surface area contributed by atoms with E-state index in [9.17, 15) is 18.0 Å². The van der Waals surface area contributed by atoms with Crippen LogP contribution >= 0.6 is 11.6 Å². The number of carbonyl (C=O) groups is 2. The Labute approximate surface area is 175 Å². The molecule has 0 atom stereocenters. The Kier molecular flexibility index (Phi) is 6.56. The fourth-order valence-corrected chi connectivity index (χ4v) is 4.75. The van der Waals surface area contributed by atoms with Crippen molar-refractivity contribution < 1.29 is 18.0 Å². The van der Waals surface area contributed by atoms with E-state index in [-0.39, 0.29) is 49.4 Å². The quantitative estimate of drug-likeness (QED) is 0.777. The SMILES string of the molecule is Cc1ccc(C(=O)NCC(=O)N2CCN(S(=O)(=O)c3cccc(Cl)c3)CC2)cc1. The topological polar surface area (TPSA) is 86.8 Å². The van der Waals surface area contributed by atoms with Crippen LogP contribution in [0.2, 0.25) is 5.02 Å². The maximum atomic E-state index is 12.7. The molecule has 9 heteroatoms. The first-order chi connectivity index (χ1) is 13.8. The zero-order chi connectivity index (χ0) is 21.0. The van der Waals surface area contributed by atoms with Crippen molar-refractivity contribution >= 4 is 33.4 Å². The minimum atomic E-state index is -3.66. The molecule has 7 nitrogen and oxygen atoms in total. The molecule has 0 unspecified atom stereocenters. The van der Waals surface area contributed by atoms with Crippen LogP contribution in [-0.2, 0) is 14.8 Å². The van der Waals surface area contributed by atoms with Crippen LogP contribution < -0.4 is 5.32 Å². The predicted octanol–water partition coefficient (Wildman–Crippen LogP) is 1.91. The lowest BCUT2D eigenvalue weighted by Crippen LogP contribution is -2.52. The van der Waals surface area contributed by atoms with Crippen LogP contribution in [-0.4, -0.2) is 62.2 Å². The second-order valence-corrected chi connectivity index (χ2v) is 9.17. The highest BCUT2D eigenvalue weighted by Gasteiger charge is 2.30. The van der Waals surface area contributed by atoms with Crippen LogP contribution in [0.5, 0.6) is 0 Å². The number of hydrogen-bond donors (Lipinski definition) is 1. The largest absolute Gasteiger partial charge is 0.343 e. The molecule has 0 radical (unpaired) electrons. The highest BCUT2D eigenvalue weighted by molar-refractivity contribution is 7.89. The Morgan fingerprint density at radius 1 is 1.03 bits per heavy atom. The first-order valence-corrected chi connectivity index (χ1v) is 11.0. The van der Waals surface area contributed by atoms with Gasteiger partial charge in [0.15, 0.2) is 0 Å². The van der Waals surface area contributed by atoms with E-state index in [0.717, 1.165) is 5.56 Å². The molecule has 0 saturated carbocycles. The number of benzene rings is 2. The van der Waals surface area contributed by atoms with Gasteiger partial charge in [-0.15, -0.1) is 0 Å². The van der Waals surface area contributed by atoms with E-state index in [4.69, 9.17) is 11.6 Å². The van der Waals surface area contributed by atoms with Crippen LogP contribution in [0.25, 0.3) is 0 Å². The van der Waals surface area contributed by atoms with Crippen molar-refractivity contribution in [1.29, 1.82) is 0 Å². The first-order valence-electron chi connectivity index (χ1n) is 9.16. The van der Waals surface area contributed by atoms with Crippen LogP contribution in [0.15, 0.2) is 53.4 Å². The smallest absolute Gasteiger partial charge is 0.251 e. The summed E-state index contributed by atoms with van der Waals surface area (Å²) >= 11 is 5.90. The number of amides is 2. The molecule has 29 heavy (non-hydrogen) atoms. The molecule has 1 N–H and O–H groups in total. The van der Waals surface area contributed by atoms with Gasteiger partial charge in [0.05, 0.1) is 11.4 Å². The molecule has 1 heterocycles. The van der Waals surface area contributed by atoms with Gasteiger partial charge < -0.3 is 10.2 Å².